The van der Waals surface area contributed by atoms with Gasteiger partial charge in [0.1, 0.15) is 11.8 Å². The van der Waals surface area contributed by atoms with Crippen LogP contribution in [0.1, 0.15) is 38.8 Å². The summed E-state index contributed by atoms with van der Waals surface area (Å²) in [6, 6.07) is 11.2. The van der Waals surface area contributed by atoms with Crippen LogP contribution in [0.3, 0.4) is 0 Å². The van der Waals surface area contributed by atoms with Gasteiger partial charge in [-0.2, -0.15) is 0 Å². The summed E-state index contributed by atoms with van der Waals surface area (Å²) in [6.45, 7) is 5.59. The van der Waals surface area contributed by atoms with Gasteiger partial charge in [0, 0.05) is 13.1 Å². The zero-order chi connectivity index (χ0) is 22.5. The molecule has 8 nitrogen and oxygen atoms in total. The van der Waals surface area contributed by atoms with E-state index in [0.29, 0.717) is 16.9 Å². The van der Waals surface area contributed by atoms with Crippen LogP contribution in [0.5, 0.6) is 5.75 Å². The average Bonchev–Trinajstić information content (AvgIpc) is 3.00. The van der Waals surface area contributed by atoms with Crippen LogP contribution in [-0.4, -0.2) is 54.3 Å². The molecule has 3 rings (SSSR count). The molecule has 0 aliphatic carbocycles. The van der Waals surface area contributed by atoms with E-state index in [4.69, 9.17) is 4.74 Å². The summed E-state index contributed by atoms with van der Waals surface area (Å²) < 4.78 is 5.51. The highest BCUT2D eigenvalue weighted by molar-refractivity contribution is 6.22. The Morgan fingerprint density at radius 3 is 2.19 bits per heavy atom. The molecule has 1 heterocycles. The zero-order valence-electron chi connectivity index (χ0n) is 17.7. The number of hydrogen-bond acceptors (Lipinski definition) is 5. The van der Waals surface area contributed by atoms with Crippen LogP contribution < -0.4 is 15.4 Å². The maximum absolute atomic E-state index is 12.5. The minimum atomic E-state index is -0.962. The van der Waals surface area contributed by atoms with Crippen molar-refractivity contribution in [2.45, 2.75) is 26.8 Å². The fraction of sp³-hybridized carbons (Fsp3) is 0.304. The molecule has 162 valence electrons. The molecule has 1 aliphatic rings. The van der Waals surface area contributed by atoms with Crippen LogP contribution in [0.2, 0.25) is 0 Å². The average molecular weight is 423 g/mol. The lowest BCUT2D eigenvalue weighted by atomic mass is 10.1. The van der Waals surface area contributed by atoms with Crippen molar-refractivity contribution >= 4 is 23.6 Å². The third kappa shape index (κ3) is 4.91. The minimum Gasteiger partial charge on any atom is -0.484 e. The summed E-state index contributed by atoms with van der Waals surface area (Å²) in [5.74, 6) is -1.12. The molecule has 2 aromatic rings. The van der Waals surface area contributed by atoms with Crippen molar-refractivity contribution in [3.05, 3.63) is 64.7 Å². The van der Waals surface area contributed by atoms with Crippen molar-refractivity contribution in [3.63, 3.8) is 0 Å². The van der Waals surface area contributed by atoms with E-state index in [0.717, 1.165) is 16.0 Å². The Morgan fingerprint density at radius 2 is 1.58 bits per heavy atom. The molecule has 0 saturated heterocycles. The molecule has 31 heavy (non-hydrogen) atoms. The monoisotopic (exact) mass is 423 g/mol. The van der Waals surface area contributed by atoms with E-state index in [2.05, 4.69) is 10.6 Å². The molecule has 0 spiro atoms. The first kappa shape index (κ1) is 22.0. The maximum atomic E-state index is 12.5. The van der Waals surface area contributed by atoms with E-state index in [1.54, 1.807) is 24.3 Å². The van der Waals surface area contributed by atoms with Gasteiger partial charge < -0.3 is 15.4 Å². The second kappa shape index (κ2) is 9.42. The second-order valence-electron chi connectivity index (χ2n) is 7.40. The maximum Gasteiger partial charge on any atom is 0.262 e. The van der Waals surface area contributed by atoms with E-state index in [-0.39, 0.29) is 25.6 Å². The smallest absolute Gasteiger partial charge is 0.262 e. The zero-order valence-corrected chi connectivity index (χ0v) is 17.7. The summed E-state index contributed by atoms with van der Waals surface area (Å²) in [6.07, 6.45) is 0. The van der Waals surface area contributed by atoms with E-state index in [1.807, 2.05) is 32.0 Å². The van der Waals surface area contributed by atoms with Crippen LogP contribution >= 0.6 is 0 Å². The molecule has 2 N–H and O–H groups in total. The largest absolute Gasteiger partial charge is 0.484 e. The molecule has 1 aliphatic heterocycles. The van der Waals surface area contributed by atoms with Crippen LogP contribution in [0.4, 0.5) is 0 Å². The van der Waals surface area contributed by atoms with E-state index in [9.17, 15) is 19.2 Å². The molecule has 1 atom stereocenters. The van der Waals surface area contributed by atoms with Crippen LogP contribution in [0, 0.1) is 13.8 Å². The molecule has 0 radical (unpaired) electrons. The molecule has 0 aromatic heterocycles. The molecular formula is C23H25N3O5. The number of hydrogen-bond donors (Lipinski definition) is 2. The molecule has 2 aromatic carbocycles. The lowest BCUT2D eigenvalue weighted by Crippen LogP contribution is -2.49. The lowest BCUT2D eigenvalue weighted by Gasteiger charge is -2.21. The lowest BCUT2D eigenvalue weighted by molar-refractivity contribution is -0.125. The number of carbonyl (C=O) groups is 4. The van der Waals surface area contributed by atoms with Gasteiger partial charge in [-0.15, -0.1) is 0 Å². The van der Waals surface area contributed by atoms with Gasteiger partial charge in [0.05, 0.1) is 11.1 Å². The Labute approximate surface area is 180 Å². The summed E-state index contributed by atoms with van der Waals surface area (Å²) >= 11 is 0. The molecule has 1 unspecified atom stereocenters. The number of ether oxygens (including phenoxy) is 1. The first-order valence-electron chi connectivity index (χ1n) is 10.0. The first-order valence-corrected chi connectivity index (χ1v) is 10.0. The summed E-state index contributed by atoms with van der Waals surface area (Å²) in [4.78, 5) is 50.2. The van der Waals surface area contributed by atoms with Crippen molar-refractivity contribution in [3.8, 4) is 5.75 Å². The number of benzene rings is 2. The number of nitrogens with one attached hydrogen (secondary N) is 2. The highest BCUT2D eigenvalue weighted by Crippen LogP contribution is 2.24. The van der Waals surface area contributed by atoms with Crippen molar-refractivity contribution in [2.24, 2.45) is 0 Å². The van der Waals surface area contributed by atoms with Crippen molar-refractivity contribution < 1.29 is 23.9 Å². The van der Waals surface area contributed by atoms with Crippen molar-refractivity contribution in [1.29, 1.82) is 0 Å². The SMILES string of the molecule is Cc1ccc(OCC(=O)NCCNC(=O)C(C)N2C(=O)c3ccccc3C2=O)c(C)c1. The number of aryl methyl sites for hydroxylation is 2. The predicted molar refractivity (Wildman–Crippen MR) is 114 cm³/mol. The van der Waals surface area contributed by atoms with Gasteiger partial charge in [-0.3, -0.25) is 24.1 Å². The Bertz CT molecular complexity index is 999. The number of fused-ring (bicyclic) bond motifs is 1. The highest BCUT2D eigenvalue weighted by Gasteiger charge is 2.40. The fourth-order valence-electron chi connectivity index (χ4n) is 3.37. The summed E-state index contributed by atoms with van der Waals surface area (Å²) in [7, 11) is 0. The Balaban J connectivity index is 1.41. The summed E-state index contributed by atoms with van der Waals surface area (Å²) in [5, 5.41) is 5.28. The number of rotatable bonds is 8. The molecule has 0 saturated carbocycles. The Hall–Kier alpha value is -3.68. The van der Waals surface area contributed by atoms with Gasteiger partial charge in [0.15, 0.2) is 6.61 Å². The molecule has 0 fully saturated rings. The highest BCUT2D eigenvalue weighted by atomic mass is 16.5. The molecule has 0 bridgehead atoms. The van der Waals surface area contributed by atoms with E-state index >= 15 is 0 Å². The number of carbonyl (C=O) groups excluding carboxylic acids is 4. The van der Waals surface area contributed by atoms with Gasteiger partial charge in [-0.05, 0) is 44.5 Å². The predicted octanol–water partition coefficient (Wildman–Crippen LogP) is 1.60. The van der Waals surface area contributed by atoms with Gasteiger partial charge >= 0.3 is 0 Å². The number of imide groups is 1. The first-order chi connectivity index (χ1) is 14.8. The number of amides is 4. The van der Waals surface area contributed by atoms with E-state index in [1.165, 1.54) is 6.92 Å². The standard InChI is InChI=1S/C23H25N3O5/c1-14-8-9-19(15(2)12-14)31-13-20(27)24-10-11-25-21(28)16(3)26-22(29)17-6-4-5-7-18(17)23(26)30/h4-9,12,16H,10-11,13H2,1-3H3,(H,24,27)(H,25,28). The van der Waals surface area contributed by atoms with Crippen LogP contribution in [-0.2, 0) is 9.59 Å². The van der Waals surface area contributed by atoms with Gasteiger partial charge in [-0.25, -0.2) is 0 Å². The Morgan fingerprint density at radius 1 is 0.968 bits per heavy atom. The van der Waals surface area contributed by atoms with Crippen LogP contribution in [0.25, 0.3) is 0 Å². The summed E-state index contributed by atoms with van der Waals surface area (Å²) in [5.41, 5.74) is 2.65. The molecule has 4 amide bonds. The molecular weight excluding hydrogens is 398 g/mol. The van der Waals surface area contributed by atoms with Gasteiger partial charge in [0.25, 0.3) is 17.7 Å². The topological polar surface area (TPSA) is 105 Å². The quantitative estimate of drug-likeness (QED) is 0.496. The van der Waals surface area contributed by atoms with Crippen molar-refractivity contribution in [2.75, 3.05) is 19.7 Å². The molecule has 8 heteroatoms. The minimum absolute atomic E-state index is 0.136. The second-order valence-corrected chi connectivity index (χ2v) is 7.40. The fourth-order valence-corrected chi connectivity index (χ4v) is 3.37. The number of nitrogens with zero attached hydrogens (tertiary/aromatic N) is 1. The van der Waals surface area contributed by atoms with E-state index < -0.39 is 23.8 Å². The van der Waals surface area contributed by atoms with Crippen molar-refractivity contribution in [1.82, 2.24) is 15.5 Å². The third-order valence-electron chi connectivity index (χ3n) is 5.03. The third-order valence-corrected chi connectivity index (χ3v) is 5.03. The van der Waals surface area contributed by atoms with Gasteiger partial charge in [-0.1, -0.05) is 29.8 Å². The van der Waals surface area contributed by atoms with Gasteiger partial charge in [0.2, 0.25) is 5.91 Å². The van der Waals surface area contributed by atoms with Crippen LogP contribution in [0.15, 0.2) is 42.5 Å². The normalized spacial score (nSPS) is 13.6. The Kier molecular flexibility index (Phi) is 6.69.